The van der Waals surface area contributed by atoms with E-state index >= 15 is 0 Å². The Labute approximate surface area is 177 Å². The van der Waals surface area contributed by atoms with E-state index in [1.165, 1.54) is 17.4 Å². The number of anilines is 1. The maximum atomic E-state index is 13.9. The predicted octanol–water partition coefficient (Wildman–Crippen LogP) is 4.79. The second-order valence-corrected chi connectivity index (χ2v) is 8.04. The summed E-state index contributed by atoms with van der Waals surface area (Å²) in [5, 5.41) is 7.29. The Hall–Kier alpha value is -3.13. The van der Waals surface area contributed by atoms with Gasteiger partial charge >= 0.3 is 0 Å². The van der Waals surface area contributed by atoms with Gasteiger partial charge in [0, 0.05) is 10.9 Å². The number of hydrogen-bond donors (Lipinski definition) is 2. The van der Waals surface area contributed by atoms with Crippen molar-refractivity contribution in [1.29, 1.82) is 0 Å². The molecule has 0 saturated heterocycles. The molecule has 5 nitrogen and oxygen atoms in total. The molecule has 30 heavy (non-hydrogen) atoms. The van der Waals surface area contributed by atoms with Crippen LogP contribution in [0.4, 0.5) is 13.9 Å². The standard InChI is InChI=1S/C22H21F2N3O2S/c1-12(2)19(26-20(28)18-15(23)5-4-6-16(18)24)21(29)27-22-25-17(11-30-22)14-9-7-13(3)8-10-14/h4-12,19H,1-3H3,(H,26,28)(H,25,27,29)/t19-/m0/s1. The number of carbonyl (C=O) groups is 2. The number of thiazole rings is 1. The van der Waals surface area contributed by atoms with E-state index in [1.807, 2.05) is 36.6 Å². The van der Waals surface area contributed by atoms with Crippen LogP contribution in [0.15, 0.2) is 47.8 Å². The molecule has 0 radical (unpaired) electrons. The van der Waals surface area contributed by atoms with Crippen LogP contribution in [0.2, 0.25) is 0 Å². The lowest BCUT2D eigenvalue weighted by atomic mass is 10.0. The topological polar surface area (TPSA) is 71.1 Å². The van der Waals surface area contributed by atoms with Gasteiger partial charge in [-0.25, -0.2) is 13.8 Å². The minimum atomic E-state index is -0.997. The minimum absolute atomic E-state index is 0.319. The van der Waals surface area contributed by atoms with Gasteiger partial charge < -0.3 is 10.6 Å². The van der Waals surface area contributed by atoms with Crippen LogP contribution in [0.5, 0.6) is 0 Å². The van der Waals surface area contributed by atoms with Crippen molar-refractivity contribution in [2.45, 2.75) is 26.8 Å². The largest absolute Gasteiger partial charge is 0.340 e. The Balaban J connectivity index is 1.73. The molecular weight excluding hydrogens is 408 g/mol. The van der Waals surface area contributed by atoms with E-state index in [4.69, 9.17) is 0 Å². The summed E-state index contributed by atoms with van der Waals surface area (Å²) in [5.74, 6) is -3.80. The van der Waals surface area contributed by atoms with E-state index in [0.29, 0.717) is 10.8 Å². The molecule has 1 atom stereocenters. The Bertz CT molecular complexity index is 1040. The second-order valence-electron chi connectivity index (χ2n) is 7.18. The van der Waals surface area contributed by atoms with E-state index in [2.05, 4.69) is 15.6 Å². The summed E-state index contributed by atoms with van der Waals surface area (Å²) in [6.45, 7) is 5.44. The normalized spacial score (nSPS) is 11.9. The zero-order chi connectivity index (χ0) is 21.8. The number of hydrogen-bond acceptors (Lipinski definition) is 4. The van der Waals surface area contributed by atoms with Crippen molar-refractivity contribution >= 4 is 28.3 Å². The van der Waals surface area contributed by atoms with Crippen molar-refractivity contribution in [2.24, 2.45) is 5.92 Å². The molecule has 3 rings (SSSR count). The fourth-order valence-electron chi connectivity index (χ4n) is 2.83. The molecule has 2 amide bonds. The van der Waals surface area contributed by atoms with Crippen molar-refractivity contribution < 1.29 is 18.4 Å². The summed E-state index contributed by atoms with van der Waals surface area (Å²) < 4.78 is 27.8. The van der Waals surface area contributed by atoms with E-state index in [9.17, 15) is 18.4 Å². The Morgan fingerprint density at radius 2 is 1.67 bits per heavy atom. The molecule has 0 saturated carbocycles. The number of aromatic nitrogens is 1. The first-order chi connectivity index (χ1) is 14.3. The number of nitrogens with one attached hydrogen (secondary N) is 2. The predicted molar refractivity (Wildman–Crippen MR) is 113 cm³/mol. The van der Waals surface area contributed by atoms with Crippen LogP contribution < -0.4 is 10.6 Å². The first-order valence-corrected chi connectivity index (χ1v) is 10.2. The van der Waals surface area contributed by atoms with Gasteiger partial charge in [0.25, 0.3) is 5.91 Å². The molecule has 156 valence electrons. The highest BCUT2D eigenvalue weighted by molar-refractivity contribution is 7.14. The van der Waals surface area contributed by atoms with E-state index in [0.717, 1.165) is 23.3 Å². The van der Waals surface area contributed by atoms with Gasteiger partial charge in [-0.15, -0.1) is 11.3 Å². The molecule has 2 N–H and O–H groups in total. The highest BCUT2D eigenvalue weighted by atomic mass is 32.1. The van der Waals surface area contributed by atoms with E-state index in [1.54, 1.807) is 13.8 Å². The first-order valence-electron chi connectivity index (χ1n) is 9.34. The summed E-state index contributed by atoms with van der Waals surface area (Å²) in [5.41, 5.74) is 2.05. The van der Waals surface area contributed by atoms with Crippen molar-refractivity contribution in [3.8, 4) is 11.3 Å². The van der Waals surface area contributed by atoms with E-state index < -0.39 is 35.1 Å². The summed E-state index contributed by atoms with van der Waals surface area (Å²) in [6.07, 6.45) is 0. The number of carbonyl (C=O) groups excluding carboxylic acids is 2. The average Bonchev–Trinajstić information content (AvgIpc) is 3.14. The van der Waals surface area contributed by atoms with Crippen LogP contribution in [-0.4, -0.2) is 22.8 Å². The zero-order valence-corrected chi connectivity index (χ0v) is 17.5. The molecule has 3 aromatic rings. The van der Waals surface area contributed by atoms with Crippen molar-refractivity contribution in [3.63, 3.8) is 0 Å². The van der Waals surface area contributed by atoms with Crippen molar-refractivity contribution in [3.05, 3.63) is 70.6 Å². The lowest BCUT2D eigenvalue weighted by Crippen LogP contribution is -2.47. The third-order valence-corrected chi connectivity index (χ3v) is 5.26. The molecule has 0 aliphatic heterocycles. The van der Waals surface area contributed by atoms with Gasteiger partial charge in [0.05, 0.1) is 5.69 Å². The third kappa shape index (κ3) is 4.88. The summed E-state index contributed by atoms with van der Waals surface area (Å²) in [4.78, 5) is 29.5. The molecule has 0 bridgehead atoms. The average molecular weight is 429 g/mol. The minimum Gasteiger partial charge on any atom is -0.340 e. The van der Waals surface area contributed by atoms with Gasteiger partial charge in [-0.1, -0.05) is 49.7 Å². The summed E-state index contributed by atoms with van der Waals surface area (Å²) >= 11 is 1.25. The summed E-state index contributed by atoms with van der Waals surface area (Å²) in [6, 6.07) is 9.98. The second kappa shape index (κ2) is 9.13. The molecule has 0 fully saturated rings. The number of rotatable bonds is 6. The molecule has 0 aliphatic rings. The molecule has 8 heteroatoms. The Morgan fingerprint density at radius 1 is 1.03 bits per heavy atom. The highest BCUT2D eigenvalue weighted by Gasteiger charge is 2.28. The fourth-order valence-corrected chi connectivity index (χ4v) is 3.56. The molecule has 2 aromatic carbocycles. The van der Waals surface area contributed by atoms with Gasteiger partial charge in [0.1, 0.15) is 23.2 Å². The van der Waals surface area contributed by atoms with Gasteiger partial charge in [-0.3, -0.25) is 9.59 Å². The van der Waals surface area contributed by atoms with Crippen LogP contribution >= 0.6 is 11.3 Å². The molecule has 0 aliphatic carbocycles. The van der Waals surface area contributed by atoms with Crippen LogP contribution in [0.25, 0.3) is 11.3 Å². The maximum Gasteiger partial charge on any atom is 0.257 e. The van der Waals surface area contributed by atoms with Crippen LogP contribution in [0.3, 0.4) is 0 Å². The van der Waals surface area contributed by atoms with Crippen molar-refractivity contribution in [1.82, 2.24) is 10.3 Å². The van der Waals surface area contributed by atoms with Gasteiger partial charge in [0.15, 0.2) is 5.13 Å². The number of amides is 2. The van der Waals surface area contributed by atoms with Gasteiger partial charge in [0.2, 0.25) is 5.91 Å². The third-order valence-electron chi connectivity index (χ3n) is 4.51. The highest BCUT2D eigenvalue weighted by Crippen LogP contribution is 2.25. The van der Waals surface area contributed by atoms with Gasteiger partial charge in [-0.2, -0.15) is 0 Å². The first kappa shape index (κ1) is 21.6. The molecular formula is C22H21F2N3O2S. The fraction of sp³-hybridized carbons (Fsp3) is 0.227. The molecule has 1 aromatic heterocycles. The lowest BCUT2D eigenvalue weighted by Gasteiger charge is -2.21. The monoisotopic (exact) mass is 429 g/mol. The molecule has 0 spiro atoms. The van der Waals surface area contributed by atoms with E-state index in [-0.39, 0.29) is 5.92 Å². The number of nitrogens with zero attached hydrogens (tertiary/aromatic N) is 1. The van der Waals surface area contributed by atoms with Crippen LogP contribution in [-0.2, 0) is 4.79 Å². The van der Waals surface area contributed by atoms with Crippen molar-refractivity contribution in [2.75, 3.05) is 5.32 Å². The zero-order valence-electron chi connectivity index (χ0n) is 16.7. The maximum absolute atomic E-state index is 13.9. The Kier molecular flexibility index (Phi) is 6.56. The SMILES string of the molecule is Cc1ccc(-c2csc(NC(=O)[C@@H](NC(=O)c3c(F)cccc3F)C(C)C)n2)cc1. The lowest BCUT2D eigenvalue weighted by molar-refractivity contribution is -0.118. The molecule has 1 heterocycles. The number of aryl methyl sites for hydroxylation is 1. The summed E-state index contributed by atoms with van der Waals surface area (Å²) in [7, 11) is 0. The number of benzene rings is 2. The van der Waals surface area contributed by atoms with Crippen LogP contribution in [0.1, 0.15) is 29.8 Å². The quantitative estimate of drug-likeness (QED) is 0.592. The van der Waals surface area contributed by atoms with Gasteiger partial charge in [-0.05, 0) is 25.0 Å². The Morgan fingerprint density at radius 3 is 2.27 bits per heavy atom. The molecule has 0 unspecified atom stereocenters. The number of halogens is 2. The smallest absolute Gasteiger partial charge is 0.257 e. The van der Waals surface area contributed by atoms with Crippen LogP contribution in [0, 0.1) is 24.5 Å².